The Kier molecular flexibility index (Phi) is 5.10. The van der Waals surface area contributed by atoms with Crippen molar-refractivity contribution in [3.8, 4) is 0 Å². The number of carbonyl (C=O) groups excluding carboxylic acids is 1. The van der Waals surface area contributed by atoms with Gasteiger partial charge in [0.25, 0.3) is 12.3 Å². The monoisotopic (exact) mass is 328 g/mol. The van der Waals surface area contributed by atoms with Crippen molar-refractivity contribution in [3.05, 3.63) is 46.8 Å². The van der Waals surface area contributed by atoms with Gasteiger partial charge in [0.15, 0.2) is 5.69 Å². The van der Waals surface area contributed by atoms with Crippen molar-refractivity contribution in [1.29, 1.82) is 0 Å². The number of aromatic nitrogens is 2. The highest BCUT2D eigenvalue weighted by molar-refractivity contribution is 6.04. The van der Waals surface area contributed by atoms with Crippen LogP contribution in [0.2, 0.25) is 0 Å². The molecule has 1 aliphatic rings. The number of benzene rings is 1. The lowest BCUT2D eigenvalue weighted by Gasteiger charge is -2.13. The molecular weight excluding hydrogens is 314 g/mol. The third-order valence-corrected chi connectivity index (χ3v) is 3.42. The van der Waals surface area contributed by atoms with Gasteiger partial charge in [-0.3, -0.25) is 9.89 Å². The standard InChI is InChI=1S/C14H14F2N4O.ClH/c15-13(16)8-2-1-3-9(6-8)18-14(21)12-10-7-17-5-4-11(10)19-20-12;/h1-3,6,13,17H,4-5,7H2,(H,18,21)(H,19,20);1H. The van der Waals surface area contributed by atoms with Gasteiger partial charge in [0.05, 0.1) is 0 Å². The Labute approximate surface area is 131 Å². The number of aromatic amines is 1. The number of rotatable bonds is 3. The normalized spacial score (nSPS) is 13.4. The highest BCUT2D eigenvalue weighted by atomic mass is 35.5. The Hall–Kier alpha value is -1.99. The number of hydrogen-bond acceptors (Lipinski definition) is 3. The summed E-state index contributed by atoms with van der Waals surface area (Å²) in [6.45, 7) is 1.42. The van der Waals surface area contributed by atoms with E-state index in [1.807, 2.05) is 0 Å². The molecule has 118 valence electrons. The lowest BCUT2D eigenvalue weighted by molar-refractivity contribution is 0.102. The Balaban J connectivity index is 0.00000176. The summed E-state index contributed by atoms with van der Waals surface area (Å²) in [5.74, 6) is -0.400. The molecule has 22 heavy (non-hydrogen) atoms. The first-order chi connectivity index (χ1) is 10.1. The summed E-state index contributed by atoms with van der Waals surface area (Å²) in [4.78, 5) is 12.2. The van der Waals surface area contributed by atoms with E-state index >= 15 is 0 Å². The molecule has 1 aliphatic heterocycles. The molecular formula is C14H15ClF2N4O. The van der Waals surface area contributed by atoms with Crippen LogP contribution in [0.3, 0.4) is 0 Å². The largest absolute Gasteiger partial charge is 0.321 e. The van der Waals surface area contributed by atoms with E-state index in [4.69, 9.17) is 0 Å². The number of fused-ring (bicyclic) bond motifs is 1. The van der Waals surface area contributed by atoms with Crippen LogP contribution in [0.5, 0.6) is 0 Å². The lowest BCUT2D eigenvalue weighted by atomic mass is 10.1. The van der Waals surface area contributed by atoms with Crippen LogP contribution >= 0.6 is 12.4 Å². The number of anilines is 1. The van der Waals surface area contributed by atoms with E-state index in [9.17, 15) is 13.6 Å². The first-order valence-electron chi connectivity index (χ1n) is 6.61. The van der Waals surface area contributed by atoms with Gasteiger partial charge in [-0.25, -0.2) is 8.78 Å². The van der Waals surface area contributed by atoms with Crippen LogP contribution in [0.1, 0.15) is 33.7 Å². The molecule has 0 bridgehead atoms. The van der Waals surface area contributed by atoms with Crippen LogP contribution in [-0.2, 0) is 13.0 Å². The second kappa shape index (κ2) is 6.85. The Morgan fingerprint density at radius 2 is 2.18 bits per heavy atom. The fourth-order valence-electron chi connectivity index (χ4n) is 2.36. The maximum absolute atomic E-state index is 12.6. The van der Waals surface area contributed by atoms with E-state index in [0.717, 1.165) is 24.2 Å². The smallest absolute Gasteiger partial charge is 0.276 e. The van der Waals surface area contributed by atoms with E-state index in [-0.39, 0.29) is 18.0 Å². The number of alkyl halides is 2. The zero-order valence-corrected chi connectivity index (χ0v) is 12.3. The summed E-state index contributed by atoms with van der Waals surface area (Å²) in [5, 5.41) is 12.7. The van der Waals surface area contributed by atoms with Crippen molar-refractivity contribution < 1.29 is 13.6 Å². The Morgan fingerprint density at radius 1 is 1.36 bits per heavy atom. The average molecular weight is 329 g/mol. The minimum Gasteiger partial charge on any atom is -0.321 e. The number of halogens is 3. The van der Waals surface area contributed by atoms with Crippen LogP contribution in [-0.4, -0.2) is 22.6 Å². The summed E-state index contributed by atoms with van der Waals surface area (Å²) < 4.78 is 25.3. The third kappa shape index (κ3) is 3.26. The minimum absolute atomic E-state index is 0. The van der Waals surface area contributed by atoms with Gasteiger partial charge in [-0.1, -0.05) is 12.1 Å². The molecule has 0 radical (unpaired) electrons. The molecule has 0 unspecified atom stereocenters. The molecule has 3 N–H and O–H groups in total. The molecule has 1 aromatic heterocycles. The van der Waals surface area contributed by atoms with E-state index in [1.165, 1.54) is 18.2 Å². The second-order valence-electron chi connectivity index (χ2n) is 4.84. The molecule has 0 saturated carbocycles. The van der Waals surface area contributed by atoms with Crippen LogP contribution in [0.4, 0.5) is 14.5 Å². The van der Waals surface area contributed by atoms with Crippen LogP contribution in [0.25, 0.3) is 0 Å². The van der Waals surface area contributed by atoms with E-state index in [1.54, 1.807) is 6.07 Å². The van der Waals surface area contributed by atoms with Crippen LogP contribution < -0.4 is 10.6 Å². The van der Waals surface area contributed by atoms with E-state index in [0.29, 0.717) is 17.9 Å². The molecule has 0 aliphatic carbocycles. The molecule has 2 aromatic rings. The van der Waals surface area contributed by atoms with E-state index < -0.39 is 12.3 Å². The van der Waals surface area contributed by atoms with Gasteiger partial charge in [-0.2, -0.15) is 5.10 Å². The molecule has 0 atom stereocenters. The predicted octanol–water partition coefficient (Wildman–Crippen LogP) is 2.67. The summed E-state index contributed by atoms with van der Waals surface area (Å²) in [6, 6.07) is 5.64. The maximum atomic E-state index is 12.6. The molecule has 1 aromatic carbocycles. The third-order valence-electron chi connectivity index (χ3n) is 3.42. The topological polar surface area (TPSA) is 69.8 Å². The summed E-state index contributed by atoms with van der Waals surface area (Å²) >= 11 is 0. The molecule has 3 rings (SSSR count). The molecule has 2 heterocycles. The van der Waals surface area contributed by atoms with Crippen molar-refractivity contribution in [1.82, 2.24) is 15.5 Å². The SMILES string of the molecule is Cl.O=C(Nc1cccc(C(F)F)c1)c1n[nH]c2c1CNCC2. The zero-order chi connectivity index (χ0) is 14.8. The lowest BCUT2D eigenvalue weighted by Crippen LogP contribution is -2.25. The highest BCUT2D eigenvalue weighted by Crippen LogP contribution is 2.22. The first-order valence-corrected chi connectivity index (χ1v) is 6.61. The molecule has 0 fully saturated rings. The Bertz CT molecular complexity index is 675. The first kappa shape index (κ1) is 16.4. The van der Waals surface area contributed by atoms with Gasteiger partial charge < -0.3 is 10.6 Å². The minimum atomic E-state index is -2.57. The molecule has 5 nitrogen and oxygen atoms in total. The van der Waals surface area contributed by atoms with Crippen molar-refractivity contribution in [2.24, 2.45) is 0 Å². The van der Waals surface area contributed by atoms with Gasteiger partial charge in [0.2, 0.25) is 0 Å². The molecule has 8 heteroatoms. The fraction of sp³-hybridized carbons (Fsp3) is 0.286. The number of hydrogen-bond donors (Lipinski definition) is 3. The molecule has 0 spiro atoms. The van der Waals surface area contributed by atoms with Crippen molar-refractivity contribution in [2.45, 2.75) is 19.4 Å². The van der Waals surface area contributed by atoms with E-state index in [2.05, 4.69) is 20.8 Å². The summed E-state index contributed by atoms with van der Waals surface area (Å²) in [7, 11) is 0. The zero-order valence-electron chi connectivity index (χ0n) is 11.5. The van der Waals surface area contributed by atoms with Gasteiger partial charge >= 0.3 is 0 Å². The number of carbonyl (C=O) groups is 1. The second-order valence-corrected chi connectivity index (χ2v) is 4.84. The number of H-pyrrole nitrogens is 1. The van der Waals surface area contributed by atoms with Gasteiger partial charge in [0, 0.05) is 42.0 Å². The van der Waals surface area contributed by atoms with Gasteiger partial charge in [-0.15, -0.1) is 12.4 Å². The molecule has 1 amide bonds. The average Bonchev–Trinajstić information content (AvgIpc) is 2.91. The van der Waals surface area contributed by atoms with Crippen LogP contribution in [0.15, 0.2) is 24.3 Å². The summed E-state index contributed by atoms with van der Waals surface area (Å²) in [6.07, 6.45) is -1.78. The van der Waals surface area contributed by atoms with Gasteiger partial charge in [0.1, 0.15) is 0 Å². The number of amides is 1. The Morgan fingerprint density at radius 3 is 2.95 bits per heavy atom. The molecule has 0 saturated heterocycles. The fourth-order valence-corrected chi connectivity index (χ4v) is 2.36. The number of nitrogens with one attached hydrogen (secondary N) is 3. The van der Waals surface area contributed by atoms with Crippen molar-refractivity contribution in [2.75, 3.05) is 11.9 Å². The van der Waals surface area contributed by atoms with Crippen molar-refractivity contribution >= 4 is 24.0 Å². The predicted molar refractivity (Wildman–Crippen MR) is 80.6 cm³/mol. The quantitative estimate of drug-likeness (QED) is 0.811. The summed E-state index contributed by atoms with van der Waals surface area (Å²) in [5.41, 5.74) is 2.29. The van der Waals surface area contributed by atoms with Crippen LogP contribution in [0, 0.1) is 0 Å². The van der Waals surface area contributed by atoms with Gasteiger partial charge in [-0.05, 0) is 12.1 Å². The van der Waals surface area contributed by atoms with Crippen molar-refractivity contribution in [3.63, 3.8) is 0 Å². The maximum Gasteiger partial charge on any atom is 0.276 e. The number of nitrogens with zero attached hydrogens (tertiary/aromatic N) is 1. The highest BCUT2D eigenvalue weighted by Gasteiger charge is 2.21.